The molecule has 25 heavy (non-hydrogen) atoms. The molecule has 0 radical (unpaired) electrons. The molecule has 0 bridgehead atoms. The molecule has 1 N–H and O–H groups in total. The first-order valence-corrected chi connectivity index (χ1v) is 10.1. The summed E-state index contributed by atoms with van der Waals surface area (Å²) in [6.07, 6.45) is 20.4. The number of hydrogen-bond acceptors (Lipinski definition) is 3. The van der Waals surface area contributed by atoms with Crippen molar-refractivity contribution >= 4 is 5.97 Å². The molecular weight excluding hydrogens is 312 g/mol. The molecule has 0 aliphatic rings. The summed E-state index contributed by atoms with van der Waals surface area (Å²) >= 11 is 0. The van der Waals surface area contributed by atoms with E-state index >= 15 is 0 Å². The van der Waals surface area contributed by atoms with Crippen molar-refractivity contribution in [1.29, 1.82) is 0 Å². The third-order valence-electron chi connectivity index (χ3n) is 4.34. The Morgan fingerprint density at radius 3 is 1.40 bits per heavy atom. The Balaban J connectivity index is -0.00000242. The third kappa shape index (κ3) is 25.8. The van der Waals surface area contributed by atoms with Crippen LogP contribution >= 0.6 is 0 Å². The number of carbonyl (C=O) groups excluding carboxylic acids is 1. The highest BCUT2D eigenvalue weighted by Gasteiger charge is 2.01. The summed E-state index contributed by atoms with van der Waals surface area (Å²) in [6.45, 7) is 2.33. The Kier molecular flexibility index (Phi) is 30.0. The maximum Gasteiger partial charge on any atom is 0.305 e. The molecule has 0 saturated carbocycles. The first-order chi connectivity index (χ1) is 11.3. The van der Waals surface area contributed by atoms with E-state index in [1.54, 1.807) is 0 Å². The first-order valence-electron chi connectivity index (χ1n) is 10.1. The summed E-state index contributed by atoms with van der Waals surface area (Å²) in [5.74, 6) is -0.172. The van der Waals surface area contributed by atoms with E-state index in [0.717, 1.165) is 12.8 Å². The highest BCUT2D eigenvalue weighted by molar-refractivity contribution is 5.69. The molecule has 0 aliphatic carbocycles. The first kappa shape index (κ1) is 29.2. The van der Waals surface area contributed by atoms with Crippen molar-refractivity contribution in [2.75, 3.05) is 13.2 Å². The summed E-state index contributed by atoms with van der Waals surface area (Å²) in [5.41, 5.74) is 0. The van der Waals surface area contributed by atoms with Gasteiger partial charge in [0.05, 0.1) is 6.61 Å². The molecule has 0 saturated heterocycles. The van der Waals surface area contributed by atoms with Crippen LogP contribution in [0.3, 0.4) is 0 Å². The summed E-state index contributed by atoms with van der Waals surface area (Å²) in [5, 5.41) is 8.54. The molecule has 0 fully saturated rings. The Bertz CT molecular complexity index is 241. The molecule has 0 aliphatic heterocycles. The number of esters is 1. The second kappa shape index (κ2) is 25.7. The van der Waals surface area contributed by atoms with Crippen LogP contribution in [0.5, 0.6) is 0 Å². The molecular formula is C22H48O3. The van der Waals surface area contributed by atoms with Gasteiger partial charge < -0.3 is 9.84 Å². The Morgan fingerprint density at radius 2 is 1.04 bits per heavy atom. The van der Waals surface area contributed by atoms with Crippen LogP contribution in [0.4, 0.5) is 0 Å². The molecule has 0 rings (SSSR count). The van der Waals surface area contributed by atoms with Crippen LogP contribution in [-0.4, -0.2) is 24.3 Å². The minimum absolute atomic E-state index is 0. The lowest BCUT2D eigenvalue weighted by Gasteiger charge is -2.04. The van der Waals surface area contributed by atoms with Gasteiger partial charge >= 0.3 is 5.97 Å². The molecule has 0 unspecified atom stereocenters. The number of aliphatic hydroxyl groups is 1. The summed E-state index contributed by atoms with van der Waals surface area (Å²) in [6, 6.07) is 0. The topological polar surface area (TPSA) is 46.5 Å². The van der Waals surface area contributed by atoms with Crippen LogP contribution < -0.4 is 0 Å². The second-order valence-electron chi connectivity index (χ2n) is 6.64. The Hall–Kier alpha value is -0.570. The summed E-state index contributed by atoms with van der Waals surface area (Å²) in [4.78, 5) is 11.2. The standard InChI is InChI=1S/C20H40O3.2CH4/c1-2-3-4-5-6-7-8-9-10-11-12-13-14-15-16-17-20(22)23-19-18-21;;/h21H,2-19H2,1H3;2*1H4. The number of hydrogen-bond donors (Lipinski definition) is 1. The van der Waals surface area contributed by atoms with Gasteiger partial charge in [-0.25, -0.2) is 0 Å². The largest absolute Gasteiger partial charge is 0.463 e. The predicted molar refractivity (Wildman–Crippen MR) is 111 cm³/mol. The van der Waals surface area contributed by atoms with Crippen molar-refractivity contribution in [2.24, 2.45) is 0 Å². The average Bonchev–Trinajstić information content (AvgIpc) is 2.56. The minimum atomic E-state index is -0.172. The Labute approximate surface area is 158 Å². The van der Waals surface area contributed by atoms with Crippen molar-refractivity contribution in [3.8, 4) is 0 Å². The van der Waals surface area contributed by atoms with Crippen molar-refractivity contribution in [3.63, 3.8) is 0 Å². The van der Waals surface area contributed by atoms with E-state index in [1.807, 2.05) is 0 Å². The lowest BCUT2D eigenvalue weighted by molar-refractivity contribution is -0.144. The van der Waals surface area contributed by atoms with Gasteiger partial charge in [0.25, 0.3) is 0 Å². The maximum atomic E-state index is 11.2. The van der Waals surface area contributed by atoms with E-state index < -0.39 is 0 Å². The van der Waals surface area contributed by atoms with E-state index in [9.17, 15) is 4.79 Å². The molecule has 0 aromatic carbocycles. The lowest BCUT2D eigenvalue weighted by atomic mass is 10.0. The van der Waals surface area contributed by atoms with Crippen LogP contribution in [0.2, 0.25) is 0 Å². The monoisotopic (exact) mass is 360 g/mol. The SMILES string of the molecule is C.C.CCCCCCCCCCCCCCCCCC(=O)OCCO. The van der Waals surface area contributed by atoms with E-state index in [4.69, 9.17) is 9.84 Å². The zero-order chi connectivity index (χ0) is 17.0. The fourth-order valence-electron chi connectivity index (χ4n) is 2.87. The van der Waals surface area contributed by atoms with Crippen molar-refractivity contribution < 1.29 is 14.6 Å². The maximum absolute atomic E-state index is 11.2. The van der Waals surface area contributed by atoms with Crippen LogP contribution in [0.15, 0.2) is 0 Å². The van der Waals surface area contributed by atoms with Gasteiger partial charge in [-0.1, -0.05) is 112 Å². The quantitative estimate of drug-likeness (QED) is 0.210. The third-order valence-corrected chi connectivity index (χ3v) is 4.34. The van der Waals surface area contributed by atoms with Crippen molar-refractivity contribution in [1.82, 2.24) is 0 Å². The summed E-state index contributed by atoms with van der Waals surface area (Å²) in [7, 11) is 0. The van der Waals surface area contributed by atoms with Gasteiger partial charge in [0, 0.05) is 6.42 Å². The molecule has 0 spiro atoms. The molecule has 3 heteroatoms. The fourth-order valence-corrected chi connectivity index (χ4v) is 2.87. The lowest BCUT2D eigenvalue weighted by Crippen LogP contribution is -2.07. The fraction of sp³-hybridized carbons (Fsp3) is 0.955. The molecule has 0 aromatic heterocycles. The molecule has 3 nitrogen and oxygen atoms in total. The normalized spacial score (nSPS) is 10.0. The van der Waals surface area contributed by atoms with Gasteiger partial charge in [-0.3, -0.25) is 4.79 Å². The number of ether oxygens (including phenoxy) is 1. The van der Waals surface area contributed by atoms with Gasteiger partial charge in [0.15, 0.2) is 0 Å². The highest BCUT2D eigenvalue weighted by atomic mass is 16.5. The van der Waals surface area contributed by atoms with Crippen LogP contribution in [-0.2, 0) is 9.53 Å². The van der Waals surface area contributed by atoms with Gasteiger partial charge in [0.2, 0.25) is 0 Å². The van der Waals surface area contributed by atoms with Crippen molar-refractivity contribution in [2.45, 2.75) is 125 Å². The van der Waals surface area contributed by atoms with Crippen LogP contribution in [0.1, 0.15) is 125 Å². The van der Waals surface area contributed by atoms with E-state index in [0.29, 0.717) is 6.42 Å². The average molecular weight is 361 g/mol. The molecule has 0 aromatic rings. The smallest absolute Gasteiger partial charge is 0.305 e. The number of aliphatic hydroxyl groups excluding tert-OH is 1. The number of carbonyl (C=O) groups is 1. The van der Waals surface area contributed by atoms with E-state index in [2.05, 4.69) is 6.92 Å². The molecule has 0 atom stereocenters. The summed E-state index contributed by atoms with van der Waals surface area (Å²) < 4.78 is 4.82. The van der Waals surface area contributed by atoms with Gasteiger partial charge in [-0.15, -0.1) is 0 Å². The van der Waals surface area contributed by atoms with E-state index in [-0.39, 0.29) is 34.0 Å². The number of unbranched alkanes of at least 4 members (excludes halogenated alkanes) is 14. The molecule has 0 heterocycles. The zero-order valence-corrected chi connectivity index (χ0v) is 15.5. The van der Waals surface area contributed by atoms with Crippen molar-refractivity contribution in [3.05, 3.63) is 0 Å². The molecule has 0 amide bonds. The van der Waals surface area contributed by atoms with Gasteiger partial charge in [-0.05, 0) is 6.42 Å². The predicted octanol–water partition coefficient (Wildman–Crippen LogP) is 7.06. The number of rotatable bonds is 18. The molecule has 154 valence electrons. The van der Waals surface area contributed by atoms with Gasteiger partial charge in [0.1, 0.15) is 6.61 Å². The zero-order valence-electron chi connectivity index (χ0n) is 15.5. The van der Waals surface area contributed by atoms with E-state index in [1.165, 1.54) is 83.5 Å². The highest BCUT2D eigenvalue weighted by Crippen LogP contribution is 2.13. The van der Waals surface area contributed by atoms with Crippen LogP contribution in [0.25, 0.3) is 0 Å². The second-order valence-corrected chi connectivity index (χ2v) is 6.64. The van der Waals surface area contributed by atoms with Crippen LogP contribution in [0, 0.1) is 0 Å². The van der Waals surface area contributed by atoms with Gasteiger partial charge in [-0.2, -0.15) is 0 Å². The Morgan fingerprint density at radius 1 is 0.680 bits per heavy atom. The minimum Gasteiger partial charge on any atom is -0.463 e.